The molecule has 0 aliphatic carbocycles. The number of nitrogens with two attached hydrogens (primary N) is 1. The molecule has 106 valence electrons. The second-order valence-corrected chi connectivity index (χ2v) is 4.58. The summed E-state index contributed by atoms with van der Waals surface area (Å²) in [5, 5.41) is 0.546. The Morgan fingerprint density at radius 1 is 1.00 bits per heavy atom. The van der Waals surface area contributed by atoms with E-state index in [2.05, 4.69) is 0 Å². The van der Waals surface area contributed by atoms with Gasteiger partial charge in [-0.15, -0.1) is 0 Å². The Bertz CT molecular complexity index is 584. The van der Waals surface area contributed by atoms with Crippen LogP contribution in [0.1, 0.15) is 11.6 Å². The van der Waals surface area contributed by atoms with Gasteiger partial charge in [0.2, 0.25) is 0 Å². The molecule has 2 aromatic rings. The van der Waals surface area contributed by atoms with E-state index in [-0.39, 0.29) is 11.3 Å². The van der Waals surface area contributed by atoms with E-state index in [9.17, 15) is 13.2 Å². The Labute approximate surface area is 118 Å². The van der Waals surface area contributed by atoms with Crippen molar-refractivity contribution in [2.45, 2.75) is 12.2 Å². The van der Waals surface area contributed by atoms with E-state index in [4.69, 9.17) is 22.1 Å². The molecule has 0 spiro atoms. The number of halogens is 4. The van der Waals surface area contributed by atoms with Crippen LogP contribution in [0.3, 0.4) is 0 Å². The molecule has 0 bridgehead atoms. The SMILES string of the molecule is N[C@H](c1cccc(Oc2ccc(Cl)cc2)c1)C(F)(F)F. The highest BCUT2D eigenvalue weighted by Gasteiger charge is 2.37. The molecule has 0 aromatic heterocycles. The minimum absolute atomic E-state index is 0.0519. The molecule has 1 atom stereocenters. The zero-order chi connectivity index (χ0) is 14.8. The van der Waals surface area contributed by atoms with Crippen molar-refractivity contribution in [2.24, 2.45) is 5.73 Å². The van der Waals surface area contributed by atoms with Gasteiger partial charge in [0.25, 0.3) is 0 Å². The van der Waals surface area contributed by atoms with Gasteiger partial charge in [-0.25, -0.2) is 0 Å². The highest BCUT2D eigenvalue weighted by Crippen LogP contribution is 2.32. The normalized spacial score (nSPS) is 13.1. The van der Waals surface area contributed by atoms with Crippen molar-refractivity contribution in [3.8, 4) is 11.5 Å². The zero-order valence-electron chi connectivity index (χ0n) is 10.2. The van der Waals surface area contributed by atoms with Gasteiger partial charge >= 0.3 is 6.18 Å². The van der Waals surface area contributed by atoms with Crippen molar-refractivity contribution in [1.29, 1.82) is 0 Å². The van der Waals surface area contributed by atoms with E-state index in [0.717, 1.165) is 0 Å². The first-order valence-corrected chi connectivity index (χ1v) is 6.10. The fourth-order valence-electron chi connectivity index (χ4n) is 1.60. The lowest BCUT2D eigenvalue weighted by molar-refractivity contribution is -0.149. The summed E-state index contributed by atoms with van der Waals surface area (Å²) in [7, 11) is 0. The van der Waals surface area contributed by atoms with Gasteiger partial charge in [-0.2, -0.15) is 13.2 Å². The van der Waals surface area contributed by atoms with Gasteiger partial charge in [0.15, 0.2) is 0 Å². The van der Waals surface area contributed by atoms with Crippen LogP contribution in [0, 0.1) is 0 Å². The van der Waals surface area contributed by atoms with Crippen LogP contribution in [0.25, 0.3) is 0 Å². The molecule has 0 saturated carbocycles. The quantitative estimate of drug-likeness (QED) is 0.892. The minimum Gasteiger partial charge on any atom is -0.457 e. The molecule has 0 fully saturated rings. The Morgan fingerprint density at radius 3 is 2.25 bits per heavy atom. The smallest absolute Gasteiger partial charge is 0.407 e. The molecular weight excluding hydrogens is 291 g/mol. The second-order valence-electron chi connectivity index (χ2n) is 4.15. The molecule has 2 nitrogen and oxygen atoms in total. The van der Waals surface area contributed by atoms with Gasteiger partial charge in [0.1, 0.15) is 17.5 Å². The predicted molar refractivity (Wildman–Crippen MR) is 71.0 cm³/mol. The third-order valence-electron chi connectivity index (χ3n) is 2.62. The monoisotopic (exact) mass is 301 g/mol. The third kappa shape index (κ3) is 3.65. The van der Waals surface area contributed by atoms with E-state index < -0.39 is 12.2 Å². The van der Waals surface area contributed by atoms with Crippen molar-refractivity contribution in [3.05, 3.63) is 59.1 Å². The molecule has 0 radical (unpaired) electrons. The summed E-state index contributed by atoms with van der Waals surface area (Å²) >= 11 is 5.73. The fourth-order valence-corrected chi connectivity index (χ4v) is 1.73. The van der Waals surface area contributed by atoms with Gasteiger partial charge in [-0.05, 0) is 42.0 Å². The highest BCUT2D eigenvalue weighted by atomic mass is 35.5. The minimum atomic E-state index is -4.49. The molecule has 2 aromatic carbocycles. The average Bonchev–Trinajstić information content (AvgIpc) is 2.40. The van der Waals surface area contributed by atoms with Crippen molar-refractivity contribution < 1.29 is 17.9 Å². The summed E-state index contributed by atoms with van der Waals surface area (Å²) < 4.78 is 43.1. The Kier molecular flexibility index (Phi) is 4.20. The molecule has 0 amide bonds. The molecule has 0 saturated heterocycles. The molecule has 20 heavy (non-hydrogen) atoms. The van der Waals surface area contributed by atoms with E-state index in [1.54, 1.807) is 30.3 Å². The summed E-state index contributed by atoms with van der Waals surface area (Å²) in [5.41, 5.74) is 5.10. The summed E-state index contributed by atoms with van der Waals surface area (Å²) in [6, 6.07) is 10.1. The summed E-state index contributed by atoms with van der Waals surface area (Å²) in [4.78, 5) is 0. The molecule has 0 heterocycles. The topological polar surface area (TPSA) is 35.2 Å². The van der Waals surface area contributed by atoms with Gasteiger partial charge in [-0.1, -0.05) is 23.7 Å². The second kappa shape index (κ2) is 5.73. The van der Waals surface area contributed by atoms with Crippen molar-refractivity contribution >= 4 is 11.6 Å². The number of ether oxygens (including phenoxy) is 1. The summed E-state index contributed by atoms with van der Waals surface area (Å²) in [5.74, 6) is 0.761. The van der Waals surface area contributed by atoms with Crippen LogP contribution in [0.2, 0.25) is 5.02 Å². The van der Waals surface area contributed by atoms with Crippen LogP contribution in [0.5, 0.6) is 11.5 Å². The van der Waals surface area contributed by atoms with Gasteiger partial charge in [0.05, 0.1) is 0 Å². The first kappa shape index (κ1) is 14.7. The van der Waals surface area contributed by atoms with E-state index in [0.29, 0.717) is 10.8 Å². The number of rotatable bonds is 3. The standard InChI is InChI=1S/C14H11ClF3NO/c15-10-4-6-11(7-5-10)20-12-3-1-2-9(8-12)13(19)14(16,17)18/h1-8,13H,19H2/t13-/m1/s1. The third-order valence-corrected chi connectivity index (χ3v) is 2.87. The van der Waals surface area contributed by atoms with Crippen molar-refractivity contribution in [2.75, 3.05) is 0 Å². The van der Waals surface area contributed by atoms with Crippen LogP contribution in [0.15, 0.2) is 48.5 Å². The molecule has 0 unspecified atom stereocenters. The zero-order valence-corrected chi connectivity index (χ0v) is 10.9. The molecular formula is C14H11ClF3NO. The lowest BCUT2D eigenvalue weighted by atomic mass is 10.1. The number of hydrogen-bond donors (Lipinski definition) is 1. The van der Waals surface area contributed by atoms with E-state index in [1.807, 2.05) is 0 Å². The van der Waals surface area contributed by atoms with Crippen LogP contribution in [0.4, 0.5) is 13.2 Å². The van der Waals surface area contributed by atoms with Crippen LogP contribution < -0.4 is 10.5 Å². The lowest BCUT2D eigenvalue weighted by Crippen LogP contribution is -2.28. The number of alkyl halides is 3. The Balaban J connectivity index is 2.20. The maximum Gasteiger partial charge on any atom is 0.407 e. The van der Waals surface area contributed by atoms with E-state index >= 15 is 0 Å². The van der Waals surface area contributed by atoms with Crippen LogP contribution >= 0.6 is 11.6 Å². The first-order valence-electron chi connectivity index (χ1n) is 5.72. The van der Waals surface area contributed by atoms with Gasteiger partial charge in [0, 0.05) is 5.02 Å². The summed E-state index contributed by atoms with van der Waals surface area (Å²) in [6.45, 7) is 0. The summed E-state index contributed by atoms with van der Waals surface area (Å²) in [6.07, 6.45) is -4.49. The fraction of sp³-hybridized carbons (Fsp3) is 0.143. The van der Waals surface area contributed by atoms with Gasteiger partial charge < -0.3 is 10.5 Å². The van der Waals surface area contributed by atoms with Crippen LogP contribution in [-0.2, 0) is 0 Å². The maximum absolute atomic E-state index is 12.6. The van der Waals surface area contributed by atoms with Gasteiger partial charge in [-0.3, -0.25) is 0 Å². The Hall–Kier alpha value is -1.72. The molecule has 0 aliphatic heterocycles. The molecule has 2 rings (SSSR count). The lowest BCUT2D eigenvalue weighted by Gasteiger charge is -2.16. The number of benzene rings is 2. The maximum atomic E-state index is 12.6. The van der Waals surface area contributed by atoms with Crippen molar-refractivity contribution in [3.63, 3.8) is 0 Å². The predicted octanol–water partition coefficient (Wildman–Crippen LogP) is 4.69. The van der Waals surface area contributed by atoms with E-state index in [1.165, 1.54) is 18.2 Å². The molecule has 6 heteroatoms. The number of hydrogen-bond acceptors (Lipinski definition) is 2. The largest absolute Gasteiger partial charge is 0.457 e. The Morgan fingerprint density at radius 2 is 1.65 bits per heavy atom. The highest BCUT2D eigenvalue weighted by molar-refractivity contribution is 6.30. The van der Waals surface area contributed by atoms with Crippen LogP contribution in [-0.4, -0.2) is 6.18 Å². The first-order chi connectivity index (χ1) is 9.36. The molecule has 0 aliphatic rings. The van der Waals surface area contributed by atoms with Crippen molar-refractivity contribution in [1.82, 2.24) is 0 Å². The average molecular weight is 302 g/mol. The molecule has 2 N–H and O–H groups in total.